The van der Waals surface area contributed by atoms with Crippen LogP contribution in [0, 0.1) is 0 Å². The summed E-state index contributed by atoms with van der Waals surface area (Å²) in [6.07, 6.45) is 0.923. The number of H-pyrrole nitrogens is 1. The molecule has 4 rings (SSSR count). The summed E-state index contributed by atoms with van der Waals surface area (Å²) in [5.41, 5.74) is 1.73. The lowest BCUT2D eigenvalue weighted by molar-refractivity contribution is 0.182. The normalized spacial score (nSPS) is 17.8. The number of thioether (sulfide) groups is 1. The molecule has 3 aromatic rings. The third-order valence-corrected chi connectivity index (χ3v) is 4.89. The van der Waals surface area contributed by atoms with Crippen molar-refractivity contribution in [2.45, 2.75) is 23.4 Å². The Morgan fingerprint density at radius 3 is 3.17 bits per heavy atom. The number of aromatic nitrogens is 5. The van der Waals surface area contributed by atoms with Gasteiger partial charge in [0, 0.05) is 29.3 Å². The summed E-state index contributed by atoms with van der Waals surface area (Å²) in [6.45, 7) is 1.39. The Bertz CT molecular complexity index is 885. The molecule has 0 spiro atoms. The zero-order chi connectivity index (χ0) is 15.6. The quantitative estimate of drug-likeness (QED) is 0.734. The second-order valence-electron chi connectivity index (χ2n) is 5.42. The average molecular weight is 329 g/mol. The third-order valence-electron chi connectivity index (χ3n) is 3.91. The van der Waals surface area contributed by atoms with E-state index in [1.54, 1.807) is 6.07 Å². The number of nitrogens with one attached hydrogen (secondary N) is 1. The van der Waals surface area contributed by atoms with E-state index in [2.05, 4.69) is 20.5 Å². The summed E-state index contributed by atoms with van der Waals surface area (Å²) in [6, 6.07) is 9.63. The zero-order valence-electron chi connectivity index (χ0n) is 12.3. The Morgan fingerprint density at radius 2 is 2.30 bits per heavy atom. The van der Waals surface area contributed by atoms with Crippen LogP contribution in [0.5, 0.6) is 0 Å². The van der Waals surface area contributed by atoms with Crippen molar-refractivity contribution in [3.05, 3.63) is 46.2 Å². The number of nitrogens with zero attached hydrogens (tertiary/aromatic N) is 4. The fourth-order valence-corrected chi connectivity index (χ4v) is 3.70. The fourth-order valence-electron chi connectivity index (χ4n) is 2.76. The van der Waals surface area contributed by atoms with Gasteiger partial charge in [-0.05, 0) is 28.5 Å². The molecule has 1 aromatic carbocycles. The van der Waals surface area contributed by atoms with Gasteiger partial charge in [-0.1, -0.05) is 30.0 Å². The third kappa shape index (κ3) is 2.87. The maximum Gasteiger partial charge on any atom is 0.248 e. The molecule has 23 heavy (non-hydrogen) atoms. The number of hydrogen-bond acceptors (Lipinski definition) is 6. The van der Waals surface area contributed by atoms with Crippen LogP contribution in [0.2, 0.25) is 0 Å². The molecule has 1 saturated heterocycles. The van der Waals surface area contributed by atoms with Crippen molar-refractivity contribution in [3.63, 3.8) is 0 Å². The van der Waals surface area contributed by atoms with Crippen molar-refractivity contribution in [2.24, 2.45) is 0 Å². The Hall–Kier alpha value is -2.19. The van der Waals surface area contributed by atoms with Crippen LogP contribution in [-0.2, 0) is 10.5 Å². The first kappa shape index (κ1) is 14.4. The summed E-state index contributed by atoms with van der Waals surface area (Å²) in [5, 5.41) is 13.8. The number of ether oxygens (including phenoxy) is 1. The molecule has 3 heterocycles. The number of tetrazole rings is 1. The van der Waals surface area contributed by atoms with E-state index in [0.717, 1.165) is 34.7 Å². The smallest absolute Gasteiger partial charge is 0.248 e. The molecule has 1 aliphatic rings. The molecule has 1 fully saturated rings. The molecule has 0 amide bonds. The van der Waals surface area contributed by atoms with E-state index >= 15 is 0 Å². The molecule has 1 unspecified atom stereocenters. The molecular formula is C15H15N5O2S. The van der Waals surface area contributed by atoms with E-state index < -0.39 is 0 Å². The topological polar surface area (TPSA) is 85.7 Å². The minimum Gasteiger partial charge on any atom is -0.379 e. The summed E-state index contributed by atoms with van der Waals surface area (Å²) in [5.74, 6) is 0.637. The molecule has 118 valence electrons. The Morgan fingerprint density at radius 1 is 1.39 bits per heavy atom. The van der Waals surface area contributed by atoms with Crippen molar-refractivity contribution in [2.75, 3.05) is 13.2 Å². The number of benzene rings is 1. The summed E-state index contributed by atoms with van der Waals surface area (Å²) in [7, 11) is 0. The predicted molar refractivity (Wildman–Crippen MR) is 86.4 cm³/mol. The summed E-state index contributed by atoms with van der Waals surface area (Å²) < 4.78 is 7.23. The number of fused-ring (bicyclic) bond motifs is 1. The van der Waals surface area contributed by atoms with Gasteiger partial charge in [-0.15, -0.1) is 5.10 Å². The number of rotatable bonds is 4. The van der Waals surface area contributed by atoms with Crippen molar-refractivity contribution in [1.29, 1.82) is 0 Å². The van der Waals surface area contributed by atoms with E-state index in [1.807, 2.05) is 28.9 Å². The van der Waals surface area contributed by atoms with Crippen LogP contribution in [0.4, 0.5) is 0 Å². The predicted octanol–water partition coefficient (Wildman–Crippen LogP) is 1.77. The zero-order valence-corrected chi connectivity index (χ0v) is 13.1. The molecule has 1 atom stereocenters. The molecule has 7 nitrogen and oxygen atoms in total. The van der Waals surface area contributed by atoms with Crippen LogP contribution in [0.25, 0.3) is 10.9 Å². The van der Waals surface area contributed by atoms with E-state index in [4.69, 9.17) is 4.74 Å². The highest BCUT2D eigenvalue weighted by Gasteiger charge is 2.22. The van der Waals surface area contributed by atoms with Crippen LogP contribution >= 0.6 is 11.8 Å². The standard InChI is InChI=1S/C15H15N5O2S/c21-14-7-10(12-3-1-2-4-13(12)16-14)9-23-15-17-18-19-20(15)11-5-6-22-8-11/h1-4,7,11H,5-6,8-9H2,(H,16,21). The highest BCUT2D eigenvalue weighted by atomic mass is 32.2. The first-order valence-corrected chi connectivity index (χ1v) is 8.39. The van der Waals surface area contributed by atoms with Gasteiger partial charge in [-0.2, -0.15) is 0 Å². The van der Waals surface area contributed by atoms with E-state index in [9.17, 15) is 4.79 Å². The number of para-hydroxylation sites is 1. The largest absolute Gasteiger partial charge is 0.379 e. The molecule has 0 bridgehead atoms. The van der Waals surface area contributed by atoms with Gasteiger partial charge in [-0.25, -0.2) is 4.68 Å². The first-order valence-electron chi connectivity index (χ1n) is 7.40. The Labute approximate surface area is 136 Å². The van der Waals surface area contributed by atoms with Crippen molar-refractivity contribution >= 4 is 22.7 Å². The summed E-state index contributed by atoms with van der Waals surface area (Å²) >= 11 is 1.54. The van der Waals surface area contributed by atoms with Gasteiger partial charge in [0.1, 0.15) is 0 Å². The maximum atomic E-state index is 11.8. The van der Waals surface area contributed by atoms with Gasteiger partial charge in [0.05, 0.1) is 12.6 Å². The lowest BCUT2D eigenvalue weighted by Gasteiger charge is -2.10. The van der Waals surface area contributed by atoms with Gasteiger partial charge < -0.3 is 9.72 Å². The molecule has 0 aliphatic carbocycles. The van der Waals surface area contributed by atoms with Gasteiger partial charge in [-0.3, -0.25) is 4.79 Å². The van der Waals surface area contributed by atoms with E-state index in [0.29, 0.717) is 12.4 Å². The van der Waals surface area contributed by atoms with Crippen LogP contribution in [-0.4, -0.2) is 38.4 Å². The van der Waals surface area contributed by atoms with E-state index in [-0.39, 0.29) is 11.6 Å². The fraction of sp³-hybridized carbons (Fsp3) is 0.333. The molecule has 1 aliphatic heterocycles. The lowest BCUT2D eigenvalue weighted by atomic mass is 10.1. The SMILES string of the molecule is O=c1cc(CSc2nnnn2C2CCOC2)c2ccccc2[nH]1. The molecule has 0 saturated carbocycles. The van der Waals surface area contributed by atoms with Crippen molar-refractivity contribution in [3.8, 4) is 0 Å². The molecular weight excluding hydrogens is 314 g/mol. The molecule has 1 N–H and O–H groups in total. The van der Waals surface area contributed by atoms with Crippen molar-refractivity contribution in [1.82, 2.24) is 25.2 Å². The molecule has 8 heteroatoms. The van der Waals surface area contributed by atoms with Gasteiger partial charge >= 0.3 is 0 Å². The van der Waals surface area contributed by atoms with Crippen LogP contribution in [0.15, 0.2) is 40.3 Å². The lowest BCUT2D eigenvalue weighted by Crippen LogP contribution is -2.12. The molecule has 2 aromatic heterocycles. The van der Waals surface area contributed by atoms with Gasteiger partial charge in [0.25, 0.3) is 0 Å². The van der Waals surface area contributed by atoms with Crippen LogP contribution < -0.4 is 5.56 Å². The van der Waals surface area contributed by atoms with Crippen LogP contribution in [0.1, 0.15) is 18.0 Å². The number of pyridine rings is 1. The minimum atomic E-state index is -0.0944. The maximum absolute atomic E-state index is 11.8. The van der Waals surface area contributed by atoms with Gasteiger partial charge in [0.15, 0.2) is 0 Å². The van der Waals surface area contributed by atoms with Gasteiger partial charge in [0.2, 0.25) is 10.7 Å². The van der Waals surface area contributed by atoms with Crippen LogP contribution in [0.3, 0.4) is 0 Å². The Balaban J connectivity index is 1.60. The highest BCUT2D eigenvalue weighted by Crippen LogP contribution is 2.27. The number of aromatic amines is 1. The average Bonchev–Trinajstić information content (AvgIpc) is 3.23. The first-order chi connectivity index (χ1) is 11.3. The highest BCUT2D eigenvalue weighted by molar-refractivity contribution is 7.98. The van der Waals surface area contributed by atoms with E-state index in [1.165, 1.54) is 11.8 Å². The minimum absolute atomic E-state index is 0.0944. The molecule has 0 radical (unpaired) electrons. The second-order valence-corrected chi connectivity index (χ2v) is 6.36. The monoisotopic (exact) mass is 329 g/mol. The second kappa shape index (κ2) is 6.13. The number of hydrogen-bond donors (Lipinski definition) is 1. The van der Waals surface area contributed by atoms with Crippen molar-refractivity contribution < 1.29 is 4.74 Å². The summed E-state index contributed by atoms with van der Waals surface area (Å²) in [4.78, 5) is 14.7. The Kier molecular flexibility index (Phi) is 3.84.